The molecule has 0 unspecified atom stereocenters. The van der Waals surface area contributed by atoms with E-state index in [1.54, 1.807) is 6.07 Å². The first kappa shape index (κ1) is 16.9. The number of nitrogens with one attached hydrogen (secondary N) is 2. The van der Waals surface area contributed by atoms with Crippen LogP contribution in [0.2, 0.25) is 5.02 Å². The number of nitro groups is 1. The van der Waals surface area contributed by atoms with E-state index < -0.39 is 4.92 Å². The van der Waals surface area contributed by atoms with Gasteiger partial charge in [-0.05, 0) is 12.1 Å². The summed E-state index contributed by atoms with van der Waals surface area (Å²) >= 11 is 5.86. The number of hydrogen-bond acceptors (Lipinski definition) is 5. The second-order valence-electron chi connectivity index (χ2n) is 5.89. The number of aromatic nitrogens is 2. The predicted octanol–water partition coefficient (Wildman–Crippen LogP) is 3.33. The van der Waals surface area contributed by atoms with Crippen molar-refractivity contribution < 1.29 is 10.1 Å². The molecule has 0 spiro atoms. The Morgan fingerprint density at radius 2 is 2.13 bits per heavy atom. The first-order valence-electron chi connectivity index (χ1n) is 6.71. The van der Waals surface area contributed by atoms with Gasteiger partial charge in [0.1, 0.15) is 5.02 Å². The molecule has 0 radical (unpaired) electrons. The molecule has 0 amide bonds. The standard InChI is InChI=1S/C14H16ClN5O3/c1-14(2,3)11-7-12(18-17-11)16-13(19-21)8-4-5-10(20(22)23)9(15)6-8/h4-7,21H,1-3H3,(H2,16,17,18,19). The number of aliphatic imine (C=N–C) groups is 1. The van der Waals surface area contributed by atoms with E-state index in [-0.39, 0.29) is 22.0 Å². The fourth-order valence-corrected chi connectivity index (χ4v) is 2.07. The Balaban J connectivity index is 2.38. The van der Waals surface area contributed by atoms with Crippen LogP contribution in [0.4, 0.5) is 11.5 Å². The number of aromatic amines is 1. The van der Waals surface area contributed by atoms with Crippen LogP contribution in [-0.2, 0) is 5.41 Å². The molecule has 2 aromatic rings. The van der Waals surface area contributed by atoms with Crippen molar-refractivity contribution in [3.05, 3.63) is 50.7 Å². The van der Waals surface area contributed by atoms with Gasteiger partial charge in [0, 0.05) is 28.8 Å². The third kappa shape index (κ3) is 3.85. The fraction of sp³-hybridized carbons (Fsp3) is 0.286. The van der Waals surface area contributed by atoms with E-state index in [0.717, 1.165) is 5.69 Å². The van der Waals surface area contributed by atoms with Crippen molar-refractivity contribution in [2.24, 2.45) is 4.99 Å². The Kier molecular flexibility index (Phi) is 4.67. The van der Waals surface area contributed by atoms with Crippen molar-refractivity contribution in [1.82, 2.24) is 15.7 Å². The second-order valence-corrected chi connectivity index (χ2v) is 6.29. The summed E-state index contributed by atoms with van der Waals surface area (Å²) in [7, 11) is 0. The van der Waals surface area contributed by atoms with Crippen molar-refractivity contribution in [2.75, 3.05) is 0 Å². The molecule has 0 saturated heterocycles. The third-order valence-corrected chi connectivity index (χ3v) is 3.43. The van der Waals surface area contributed by atoms with Gasteiger partial charge >= 0.3 is 0 Å². The van der Waals surface area contributed by atoms with Crippen LogP contribution in [0.3, 0.4) is 0 Å². The molecule has 0 bridgehead atoms. The van der Waals surface area contributed by atoms with Gasteiger partial charge < -0.3 is 0 Å². The average Bonchev–Trinajstić information content (AvgIpc) is 2.92. The minimum absolute atomic E-state index is 0.0483. The topological polar surface area (TPSA) is 116 Å². The number of H-pyrrole nitrogens is 1. The van der Waals surface area contributed by atoms with Gasteiger partial charge in [0.15, 0.2) is 11.7 Å². The largest absolute Gasteiger partial charge is 0.290 e. The average molecular weight is 338 g/mol. The summed E-state index contributed by atoms with van der Waals surface area (Å²) in [4.78, 5) is 14.4. The van der Waals surface area contributed by atoms with E-state index in [4.69, 9.17) is 11.6 Å². The molecule has 1 aromatic carbocycles. The van der Waals surface area contributed by atoms with Crippen LogP contribution in [0.5, 0.6) is 0 Å². The van der Waals surface area contributed by atoms with Crippen molar-refractivity contribution >= 4 is 28.9 Å². The van der Waals surface area contributed by atoms with E-state index >= 15 is 0 Å². The maximum atomic E-state index is 10.8. The van der Waals surface area contributed by atoms with Crippen LogP contribution in [0.25, 0.3) is 0 Å². The summed E-state index contributed by atoms with van der Waals surface area (Å²) < 4.78 is 0. The van der Waals surface area contributed by atoms with Gasteiger partial charge in [-0.2, -0.15) is 5.10 Å². The van der Waals surface area contributed by atoms with Crippen LogP contribution in [0, 0.1) is 10.1 Å². The van der Waals surface area contributed by atoms with Crippen molar-refractivity contribution in [2.45, 2.75) is 26.2 Å². The number of rotatable bonds is 3. The minimum atomic E-state index is -0.585. The van der Waals surface area contributed by atoms with Crippen molar-refractivity contribution in [3.8, 4) is 0 Å². The first-order chi connectivity index (χ1) is 10.7. The van der Waals surface area contributed by atoms with Gasteiger partial charge in [0.2, 0.25) is 0 Å². The number of hydroxylamine groups is 1. The molecule has 9 heteroatoms. The number of nitrogens with zero attached hydrogens (tertiary/aromatic N) is 3. The Hall–Kier alpha value is -2.45. The molecule has 1 heterocycles. The van der Waals surface area contributed by atoms with Gasteiger partial charge in [-0.3, -0.25) is 25.9 Å². The highest BCUT2D eigenvalue weighted by Crippen LogP contribution is 2.26. The fourth-order valence-electron chi connectivity index (χ4n) is 1.82. The lowest BCUT2D eigenvalue weighted by Crippen LogP contribution is -2.20. The first-order valence-corrected chi connectivity index (χ1v) is 7.09. The monoisotopic (exact) mass is 337 g/mol. The molecule has 0 aliphatic carbocycles. The van der Waals surface area contributed by atoms with Gasteiger partial charge in [0.25, 0.3) is 5.69 Å². The van der Waals surface area contributed by atoms with Crippen LogP contribution in [0.15, 0.2) is 29.3 Å². The van der Waals surface area contributed by atoms with Gasteiger partial charge in [-0.25, -0.2) is 4.99 Å². The zero-order valence-corrected chi connectivity index (χ0v) is 13.5. The lowest BCUT2D eigenvalue weighted by molar-refractivity contribution is -0.384. The molecule has 1 aromatic heterocycles. The molecule has 0 fully saturated rings. The van der Waals surface area contributed by atoms with Gasteiger partial charge in [-0.1, -0.05) is 32.4 Å². The molecule has 8 nitrogen and oxygen atoms in total. The van der Waals surface area contributed by atoms with E-state index in [0.29, 0.717) is 11.4 Å². The summed E-state index contributed by atoms with van der Waals surface area (Å²) in [6.07, 6.45) is 0. The Morgan fingerprint density at radius 1 is 1.43 bits per heavy atom. The predicted molar refractivity (Wildman–Crippen MR) is 86.5 cm³/mol. The molecule has 122 valence electrons. The quantitative estimate of drug-likeness (QED) is 0.344. The second kappa shape index (κ2) is 6.35. The normalized spacial score (nSPS) is 12.3. The number of hydrogen-bond donors (Lipinski definition) is 3. The Morgan fingerprint density at radius 3 is 2.61 bits per heavy atom. The summed E-state index contributed by atoms with van der Waals surface area (Å²) in [5.41, 5.74) is 2.89. The smallest absolute Gasteiger partial charge is 0.287 e. The van der Waals surface area contributed by atoms with Crippen LogP contribution >= 0.6 is 11.6 Å². The summed E-state index contributed by atoms with van der Waals surface area (Å²) in [5, 5.41) is 26.9. The van der Waals surface area contributed by atoms with Crippen LogP contribution in [0.1, 0.15) is 32.0 Å². The number of amidine groups is 1. The minimum Gasteiger partial charge on any atom is -0.290 e. The molecule has 0 atom stereocenters. The van der Waals surface area contributed by atoms with Crippen molar-refractivity contribution in [1.29, 1.82) is 0 Å². The lowest BCUT2D eigenvalue weighted by atomic mass is 9.92. The van der Waals surface area contributed by atoms with Crippen LogP contribution < -0.4 is 5.48 Å². The van der Waals surface area contributed by atoms with Crippen LogP contribution in [-0.4, -0.2) is 26.2 Å². The molecular formula is C14H16ClN5O3. The van der Waals surface area contributed by atoms with E-state index in [1.165, 1.54) is 18.2 Å². The van der Waals surface area contributed by atoms with Gasteiger partial charge in [-0.15, -0.1) is 0 Å². The highest BCUT2D eigenvalue weighted by Gasteiger charge is 2.18. The van der Waals surface area contributed by atoms with E-state index in [2.05, 4.69) is 15.2 Å². The molecule has 0 saturated carbocycles. The maximum Gasteiger partial charge on any atom is 0.287 e. The number of benzene rings is 1. The highest BCUT2D eigenvalue weighted by molar-refractivity contribution is 6.33. The molecule has 3 N–H and O–H groups in total. The molecule has 2 rings (SSSR count). The summed E-state index contributed by atoms with van der Waals surface area (Å²) in [6.45, 7) is 6.07. The number of halogens is 1. The Bertz CT molecular complexity index is 764. The SMILES string of the molecule is CC(C)(C)c1cc(N=C(NO)c2ccc([N+](=O)[O-])c(Cl)c2)n[nH]1. The molecule has 0 aliphatic rings. The lowest BCUT2D eigenvalue weighted by Gasteiger charge is -2.14. The zero-order chi connectivity index (χ0) is 17.2. The highest BCUT2D eigenvalue weighted by atomic mass is 35.5. The Labute approximate surface area is 137 Å². The number of nitro benzene ring substituents is 1. The summed E-state index contributed by atoms with van der Waals surface area (Å²) in [5.74, 6) is 0.440. The van der Waals surface area contributed by atoms with E-state index in [1.807, 2.05) is 26.3 Å². The zero-order valence-electron chi connectivity index (χ0n) is 12.8. The molecule has 23 heavy (non-hydrogen) atoms. The van der Waals surface area contributed by atoms with E-state index in [9.17, 15) is 15.3 Å². The van der Waals surface area contributed by atoms with Crippen molar-refractivity contribution in [3.63, 3.8) is 0 Å². The molecular weight excluding hydrogens is 322 g/mol. The maximum absolute atomic E-state index is 10.8. The van der Waals surface area contributed by atoms with Gasteiger partial charge in [0.05, 0.1) is 4.92 Å². The third-order valence-electron chi connectivity index (χ3n) is 3.12. The molecule has 0 aliphatic heterocycles. The summed E-state index contributed by atoms with van der Waals surface area (Å²) in [6, 6.07) is 5.78.